The van der Waals surface area contributed by atoms with Crippen molar-refractivity contribution in [3.8, 4) is 0 Å². The fraction of sp³-hybridized carbons (Fsp3) is 0.667. The lowest BCUT2D eigenvalue weighted by Gasteiger charge is -2.15. The van der Waals surface area contributed by atoms with E-state index in [0.29, 0.717) is 6.42 Å². The molecule has 0 bridgehead atoms. The zero-order valence-corrected chi connectivity index (χ0v) is 12.1. The summed E-state index contributed by atoms with van der Waals surface area (Å²) in [5.74, 6) is 0.303. The Bertz CT molecular complexity index is 300. The van der Waals surface area contributed by atoms with Gasteiger partial charge in [-0.05, 0) is 38.4 Å². The Morgan fingerprint density at radius 2 is 2.06 bits per heavy atom. The van der Waals surface area contributed by atoms with E-state index in [1.807, 2.05) is 20.1 Å². The molecule has 0 fully saturated rings. The van der Waals surface area contributed by atoms with Crippen LogP contribution in [0.5, 0.6) is 0 Å². The van der Waals surface area contributed by atoms with Crippen molar-refractivity contribution < 1.29 is 19.1 Å². The topological polar surface area (TPSA) is 64.6 Å². The second kappa shape index (κ2) is 9.82. The van der Waals surface area contributed by atoms with E-state index >= 15 is 0 Å². The van der Waals surface area contributed by atoms with E-state index in [1.165, 1.54) is 7.11 Å². The summed E-state index contributed by atoms with van der Waals surface area (Å²) in [5, 5.41) is 2.50. The van der Waals surface area contributed by atoms with Crippen LogP contribution in [0.25, 0.3) is 0 Å². The van der Waals surface area contributed by atoms with Gasteiger partial charge < -0.3 is 14.8 Å². The van der Waals surface area contributed by atoms with Gasteiger partial charge in [-0.15, -0.1) is 0 Å². The number of esters is 1. The number of hydrogen-bond acceptors (Lipinski definition) is 5. The molecule has 1 atom stereocenters. The summed E-state index contributed by atoms with van der Waals surface area (Å²) in [7, 11) is 1.30. The molecule has 1 amide bonds. The molecule has 0 rings (SSSR count). The van der Waals surface area contributed by atoms with Crippen LogP contribution in [0.4, 0.5) is 4.79 Å². The van der Waals surface area contributed by atoms with Crippen LogP contribution in [0, 0.1) is 0 Å². The van der Waals surface area contributed by atoms with Gasteiger partial charge in [0, 0.05) is 0 Å². The van der Waals surface area contributed by atoms with Crippen molar-refractivity contribution >= 4 is 23.8 Å². The van der Waals surface area contributed by atoms with E-state index in [2.05, 4.69) is 10.1 Å². The Balaban J connectivity index is 4.17. The average Bonchev–Trinajstić information content (AvgIpc) is 2.32. The molecule has 0 spiro atoms. The second-order valence-corrected chi connectivity index (χ2v) is 4.87. The van der Waals surface area contributed by atoms with Gasteiger partial charge in [0.2, 0.25) is 0 Å². The summed E-state index contributed by atoms with van der Waals surface area (Å²) >= 11 is 1.60. The number of amides is 1. The number of nitrogens with one attached hydrogen (secondary N) is 1. The number of alkyl carbamates (subject to hydrolysis) is 1. The van der Waals surface area contributed by atoms with Gasteiger partial charge in [0.25, 0.3) is 0 Å². The van der Waals surface area contributed by atoms with Crippen molar-refractivity contribution in [2.24, 2.45) is 0 Å². The smallest absolute Gasteiger partial charge is 0.408 e. The minimum Gasteiger partial charge on any atom is -0.467 e. The summed E-state index contributed by atoms with van der Waals surface area (Å²) in [4.78, 5) is 22.9. The fourth-order valence-corrected chi connectivity index (χ4v) is 1.57. The number of carbonyl (C=O) groups is 2. The van der Waals surface area contributed by atoms with E-state index in [4.69, 9.17) is 4.74 Å². The summed E-state index contributed by atoms with van der Waals surface area (Å²) in [6.07, 6.45) is 3.63. The molecule has 0 aromatic carbocycles. The Labute approximate surface area is 112 Å². The van der Waals surface area contributed by atoms with Crippen molar-refractivity contribution in [1.82, 2.24) is 5.32 Å². The van der Waals surface area contributed by atoms with Gasteiger partial charge in [0.05, 0.1) is 7.11 Å². The minimum atomic E-state index is -0.651. The third kappa shape index (κ3) is 8.00. The molecule has 0 aromatic heterocycles. The normalized spacial score (nSPS) is 11.3. The van der Waals surface area contributed by atoms with E-state index in [-0.39, 0.29) is 6.61 Å². The molecule has 0 aromatic rings. The van der Waals surface area contributed by atoms with Crippen molar-refractivity contribution in [3.05, 3.63) is 11.6 Å². The first-order chi connectivity index (χ1) is 8.51. The van der Waals surface area contributed by atoms with E-state index in [9.17, 15) is 9.59 Å². The van der Waals surface area contributed by atoms with E-state index in [0.717, 1.165) is 11.3 Å². The molecule has 0 saturated heterocycles. The number of carbonyl (C=O) groups excluding carboxylic acids is 2. The number of hydrogen-bond donors (Lipinski definition) is 1. The maximum Gasteiger partial charge on any atom is 0.408 e. The Kier molecular flexibility index (Phi) is 9.18. The maximum atomic E-state index is 11.4. The van der Waals surface area contributed by atoms with Crippen molar-refractivity contribution in [2.45, 2.75) is 26.3 Å². The molecule has 0 radical (unpaired) electrons. The van der Waals surface area contributed by atoms with Gasteiger partial charge in [-0.25, -0.2) is 9.59 Å². The maximum absolute atomic E-state index is 11.4. The first kappa shape index (κ1) is 16.8. The van der Waals surface area contributed by atoms with E-state index in [1.54, 1.807) is 17.8 Å². The van der Waals surface area contributed by atoms with Gasteiger partial charge in [-0.1, -0.05) is 5.57 Å². The van der Waals surface area contributed by atoms with Crippen molar-refractivity contribution in [1.29, 1.82) is 0 Å². The van der Waals surface area contributed by atoms with Gasteiger partial charge in [0.1, 0.15) is 12.6 Å². The van der Waals surface area contributed by atoms with Gasteiger partial charge in [-0.3, -0.25) is 0 Å². The number of ether oxygens (including phenoxy) is 2. The molecule has 0 aliphatic heterocycles. The highest BCUT2D eigenvalue weighted by Gasteiger charge is 2.21. The van der Waals surface area contributed by atoms with Crippen molar-refractivity contribution in [2.75, 3.05) is 25.7 Å². The molecule has 5 nitrogen and oxygen atoms in total. The summed E-state index contributed by atoms with van der Waals surface area (Å²) < 4.78 is 9.54. The second-order valence-electron chi connectivity index (χ2n) is 3.88. The molecular formula is C12H21NO4S. The van der Waals surface area contributed by atoms with E-state index < -0.39 is 18.1 Å². The van der Waals surface area contributed by atoms with Crippen LogP contribution in [0.1, 0.15) is 20.3 Å². The first-order valence-corrected chi connectivity index (χ1v) is 7.04. The quantitative estimate of drug-likeness (QED) is 0.568. The van der Waals surface area contributed by atoms with Crippen LogP contribution in [0.3, 0.4) is 0 Å². The highest BCUT2D eigenvalue weighted by atomic mass is 32.2. The molecule has 0 heterocycles. The summed E-state index contributed by atoms with van der Waals surface area (Å²) in [6, 6.07) is -0.651. The Hall–Kier alpha value is -1.17. The lowest BCUT2D eigenvalue weighted by Crippen LogP contribution is -2.42. The molecule has 104 valence electrons. The van der Waals surface area contributed by atoms with Crippen LogP contribution in [0.15, 0.2) is 11.6 Å². The lowest BCUT2D eigenvalue weighted by atomic mass is 10.2. The standard InChI is InChI=1S/C12H21NO4S/c1-9(2)5-7-17-12(15)13-10(6-8-18-4)11(14)16-3/h5,10H,6-8H2,1-4H3,(H,13,15)/t10-/m0/s1. The Morgan fingerprint density at radius 3 is 2.56 bits per heavy atom. The fourth-order valence-electron chi connectivity index (χ4n) is 1.09. The number of methoxy groups -OCH3 is 1. The van der Waals surface area contributed by atoms with Gasteiger partial charge >= 0.3 is 12.1 Å². The zero-order valence-electron chi connectivity index (χ0n) is 11.3. The molecular weight excluding hydrogens is 254 g/mol. The molecule has 6 heteroatoms. The molecule has 1 N–H and O–H groups in total. The highest BCUT2D eigenvalue weighted by Crippen LogP contribution is 2.03. The predicted octanol–water partition coefficient (Wildman–Crippen LogP) is 1.97. The number of allylic oxidation sites excluding steroid dienone is 1. The number of thioether (sulfide) groups is 1. The van der Waals surface area contributed by atoms with Crippen LogP contribution < -0.4 is 5.32 Å². The SMILES string of the molecule is COC(=O)[C@H](CCSC)NC(=O)OCC=C(C)C. The first-order valence-electron chi connectivity index (χ1n) is 5.64. The van der Waals surface area contributed by atoms with Crippen LogP contribution in [-0.4, -0.2) is 43.8 Å². The predicted molar refractivity (Wildman–Crippen MR) is 72.7 cm³/mol. The minimum absolute atomic E-state index is 0.199. The summed E-state index contributed by atoms with van der Waals surface area (Å²) in [5.41, 5.74) is 1.06. The van der Waals surface area contributed by atoms with Crippen LogP contribution >= 0.6 is 11.8 Å². The van der Waals surface area contributed by atoms with Crippen molar-refractivity contribution in [3.63, 3.8) is 0 Å². The molecule has 18 heavy (non-hydrogen) atoms. The molecule has 0 unspecified atom stereocenters. The van der Waals surface area contributed by atoms with Gasteiger partial charge in [-0.2, -0.15) is 11.8 Å². The summed E-state index contributed by atoms with van der Waals surface area (Å²) in [6.45, 7) is 4.03. The molecule has 0 aliphatic rings. The number of rotatable bonds is 7. The lowest BCUT2D eigenvalue weighted by molar-refractivity contribution is -0.143. The van der Waals surface area contributed by atoms with Gasteiger partial charge in [0.15, 0.2) is 0 Å². The third-order valence-corrected chi connectivity index (χ3v) is 2.74. The monoisotopic (exact) mass is 275 g/mol. The molecule has 0 aliphatic carbocycles. The largest absolute Gasteiger partial charge is 0.467 e. The third-order valence-electron chi connectivity index (χ3n) is 2.09. The highest BCUT2D eigenvalue weighted by molar-refractivity contribution is 7.98. The van der Waals surface area contributed by atoms with Crippen LogP contribution in [0.2, 0.25) is 0 Å². The zero-order chi connectivity index (χ0) is 14.0. The molecule has 0 saturated carbocycles. The van der Waals surface area contributed by atoms with Crippen LogP contribution in [-0.2, 0) is 14.3 Å². The Morgan fingerprint density at radius 1 is 1.39 bits per heavy atom. The average molecular weight is 275 g/mol.